The van der Waals surface area contributed by atoms with Gasteiger partial charge in [-0.15, -0.1) is 0 Å². The van der Waals surface area contributed by atoms with Gasteiger partial charge in [-0.3, -0.25) is 0 Å². The first-order valence-corrected chi connectivity index (χ1v) is 5.46. The third-order valence-electron chi connectivity index (χ3n) is 1.94. The topological polar surface area (TPSA) is 77.8 Å². The number of nitrogen functional groups attached to an aromatic ring is 1. The molecule has 0 radical (unpaired) electrons. The van der Waals surface area contributed by atoms with E-state index < -0.39 is 0 Å². The number of hydrogen-bond donors (Lipinski definition) is 1. The van der Waals surface area contributed by atoms with Crippen molar-refractivity contribution in [1.29, 1.82) is 0 Å². The normalized spacial score (nSPS) is 11.2. The molecule has 2 heterocycles. The van der Waals surface area contributed by atoms with Gasteiger partial charge in [0.05, 0.1) is 5.69 Å². The summed E-state index contributed by atoms with van der Waals surface area (Å²) in [6, 6.07) is 0. The average molecular weight is 224 g/mol. The zero-order valence-corrected chi connectivity index (χ0v) is 9.63. The molecule has 0 bridgehead atoms. The number of hydrogen-bond acceptors (Lipinski definition) is 6. The van der Waals surface area contributed by atoms with Crippen LogP contribution in [0.5, 0.6) is 0 Å². The van der Waals surface area contributed by atoms with Crippen molar-refractivity contribution < 1.29 is 4.52 Å². The summed E-state index contributed by atoms with van der Waals surface area (Å²) in [4.78, 5) is 9.32. The minimum atomic E-state index is 0.292. The molecule has 6 heteroatoms. The summed E-state index contributed by atoms with van der Waals surface area (Å²) in [5.41, 5.74) is 6.60. The molecule has 0 spiro atoms. The Balaban J connectivity index is 2.52. The third-order valence-corrected chi connectivity index (χ3v) is 2.83. The van der Waals surface area contributed by atoms with Crippen molar-refractivity contribution >= 4 is 16.5 Å². The zero-order valence-electron chi connectivity index (χ0n) is 8.81. The van der Waals surface area contributed by atoms with Crippen LogP contribution in [0.15, 0.2) is 4.52 Å². The van der Waals surface area contributed by atoms with Crippen LogP contribution in [0.2, 0.25) is 0 Å². The molecule has 0 amide bonds. The molecule has 0 fully saturated rings. The van der Waals surface area contributed by atoms with Gasteiger partial charge in [0.15, 0.2) is 11.0 Å². The fourth-order valence-corrected chi connectivity index (χ4v) is 2.19. The second kappa shape index (κ2) is 3.62. The molecule has 0 aromatic carbocycles. The SMILES string of the molecule is Cc1noc(-c2sc(N)nc2C(C)C)n1. The van der Waals surface area contributed by atoms with E-state index in [1.54, 1.807) is 6.92 Å². The Morgan fingerprint density at radius 3 is 2.60 bits per heavy atom. The van der Waals surface area contributed by atoms with Gasteiger partial charge in [0, 0.05) is 0 Å². The summed E-state index contributed by atoms with van der Waals surface area (Å²) in [6.45, 7) is 5.90. The Morgan fingerprint density at radius 1 is 1.33 bits per heavy atom. The van der Waals surface area contributed by atoms with Crippen LogP contribution in [-0.4, -0.2) is 15.1 Å². The van der Waals surface area contributed by atoms with Crippen LogP contribution < -0.4 is 5.73 Å². The summed E-state index contributed by atoms with van der Waals surface area (Å²) in [7, 11) is 0. The maximum Gasteiger partial charge on any atom is 0.270 e. The molecule has 0 aliphatic heterocycles. The van der Waals surface area contributed by atoms with Crippen LogP contribution in [0.4, 0.5) is 5.13 Å². The van der Waals surface area contributed by atoms with E-state index in [2.05, 4.69) is 29.0 Å². The van der Waals surface area contributed by atoms with Gasteiger partial charge in [-0.05, 0) is 12.8 Å². The number of anilines is 1. The Labute approximate surface area is 91.3 Å². The molecular weight excluding hydrogens is 212 g/mol. The van der Waals surface area contributed by atoms with E-state index in [1.807, 2.05) is 0 Å². The molecule has 5 nitrogen and oxygen atoms in total. The van der Waals surface area contributed by atoms with E-state index in [4.69, 9.17) is 10.3 Å². The highest BCUT2D eigenvalue weighted by Gasteiger charge is 2.19. The van der Waals surface area contributed by atoms with Gasteiger partial charge in [-0.25, -0.2) is 4.98 Å². The lowest BCUT2D eigenvalue weighted by molar-refractivity contribution is 0.426. The summed E-state index contributed by atoms with van der Waals surface area (Å²) >= 11 is 1.38. The van der Waals surface area contributed by atoms with Gasteiger partial charge in [-0.1, -0.05) is 30.3 Å². The Kier molecular flexibility index (Phi) is 2.44. The largest absolute Gasteiger partial charge is 0.375 e. The summed E-state index contributed by atoms with van der Waals surface area (Å²) in [5, 5.41) is 4.29. The summed E-state index contributed by atoms with van der Waals surface area (Å²) in [5.74, 6) is 1.41. The van der Waals surface area contributed by atoms with E-state index in [0.717, 1.165) is 10.6 Å². The molecule has 0 aliphatic rings. The number of rotatable bonds is 2. The number of nitrogens with two attached hydrogens (primary N) is 1. The quantitative estimate of drug-likeness (QED) is 0.846. The van der Waals surface area contributed by atoms with Gasteiger partial charge in [-0.2, -0.15) is 4.98 Å². The molecule has 2 rings (SSSR count). The number of nitrogens with zero attached hydrogens (tertiary/aromatic N) is 3. The van der Waals surface area contributed by atoms with E-state index in [1.165, 1.54) is 11.3 Å². The number of thiazole rings is 1. The van der Waals surface area contributed by atoms with Gasteiger partial charge in [0.2, 0.25) is 0 Å². The Morgan fingerprint density at radius 2 is 2.07 bits per heavy atom. The van der Waals surface area contributed by atoms with Crippen LogP contribution in [-0.2, 0) is 0 Å². The Hall–Kier alpha value is -1.43. The average Bonchev–Trinajstić information content (AvgIpc) is 2.71. The second-order valence-electron chi connectivity index (χ2n) is 3.57. The highest BCUT2D eigenvalue weighted by Crippen LogP contribution is 2.34. The molecule has 0 atom stereocenters. The first kappa shape index (κ1) is 10.1. The van der Waals surface area contributed by atoms with Gasteiger partial charge < -0.3 is 10.3 Å². The van der Waals surface area contributed by atoms with Crippen molar-refractivity contribution in [1.82, 2.24) is 15.1 Å². The number of aromatic nitrogens is 3. The molecule has 0 saturated carbocycles. The molecule has 80 valence electrons. The first-order valence-electron chi connectivity index (χ1n) is 4.65. The van der Waals surface area contributed by atoms with Gasteiger partial charge in [0.1, 0.15) is 4.88 Å². The second-order valence-corrected chi connectivity index (χ2v) is 4.60. The lowest BCUT2D eigenvalue weighted by Gasteiger charge is -2.00. The maximum atomic E-state index is 5.68. The van der Waals surface area contributed by atoms with Crippen molar-refractivity contribution in [2.75, 3.05) is 5.73 Å². The lowest BCUT2D eigenvalue weighted by atomic mass is 10.1. The van der Waals surface area contributed by atoms with Crippen LogP contribution in [0, 0.1) is 6.92 Å². The minimum absolute atomic E-state index is 0.292. The first-order chi connectivity index (χ1) is 7.08. The van der Waals surface area contributed by atoms with E-state index >= 15 is 0 Å². The smallest absolute Gasteiger partial charge is 0.270 e. The third kappa shape index (κ3) is 1.85. The van der Waals surface area contributed by atoms with Crippen molar-refractivity contribution in [3.05, 3.63) is 11.5 Å². The monoisotopic (exact) mass is 224 g/mol. The predicted octanol–water partition coefficient (Wildman–Crippen LogP) is 2.21. The van der Waals surface area contributed by atoms with Crippen molar-refractivity contribution in [3.8, 4) is 10.8 Å². The molecule has 2 aromatic heterocycles. The molecule has 2 N–H and O–H groups in total. The minimum Gasteiger partial charge on any atom is -0.375 e. The molecule has 15 heavy (non-hydrogen) atoms. The molecular formula is C9H12N4OS. The standard InChI is InChI=1S/C9H12N4OS/c1-4(2)6-7(15-9(10)12-6)8-11-5(3)13-14-8/h4H,1-3H3,(H2,10,12). The van der Waals surface area contributed by atoms with Crippen LogP contribution in [0.3, 0.4) is 0 Å². The zero-order chi connectivity index (χ0) is 11.0. The van der Waals surface area contributed by atoms with E-state index in [-0.39, 0.29) is 0 Å². The highest BCUT2D eigenvalue weighted by atomic mass is 32.1. The molecule has 0 aliphatic carbocycles. The fraction of sp³-hybridized carbons (Fsp3) is 0.444. The lowest BCUT2D eigenvalue weighted by Crippen LogP contribution is -1.91. The van der Waals surface area contributed by atoms with Crippen molar-refractivity contribution in [2.24, 2.45) is 0 Å². The fourth-order valence-electron chi connectivity index (χ4n) is 1.28. The number of aryl methyl sites for hydroxylation is 1. The molecule has 2 aromatic rings. The Bertz CT molecular complexity index is 474. The maximum absolute atomic E-state index is 5.68. The van der Waals surface area contributed by atoms with Gasteiger partial charge >= 0.3 is 0 Å². The summed E-state index contributed by atoms with van der Waals surface area (Å²) in [6.07, 6.45) is 0. The van der Waals surface area contributed by atoms with E-state index in [0.29, 0.717) is 22.8 Å². The van der Waals surface area contributed by atoms with Crippen molar-refractivity contribution in [3.63, 3.8) is 0 Å². The molecule has 0 saturated heterocycles. The van der Waals surface area contributed by atoms with E-state index in [9.17, 15) is 0 Å². The summed E-state index contributed by atoms with van der Waals surface area (Å²) < 4.78 is 5.11. The highest BCUT2D eigenvalue weighted by molar-refractivity contribution is 7.18. The van der Waals surface area contributed by atoms with Crippen LogP contribution in [0.25, 0.3) is 10.8 Å². The molecule has 0 unspecified atom stereocenters. The van der Waals surface area contributed by atoms with Crippen molar-refractivity contribution in [2.45, 2.75) is 26.7 Å². The van der Waals surface area contributed by atoms with Crippen LogP contribution >= 0.6 is 11.3 Å². The van der Waals surface area contributed by atoms with Gasteiger partial charge in [0.25, 0.3) is 5.89 Å². The van der Waals surface area contributed by atoms with Crippen LogP contribution in [0.1, 0.15) is 31.3 Å². The predicted molar refractivity (Wildman–Crippen MR) is 58.6 cm³/mol.